The van der Waals surface area contributed by atoms with Gasteiger partial charge in [0.25, 0.3) is 5.91 Å². The fraction of sp³-hybridized carbons (Fsp3) is 0.409. The summed E-state index contributed by atoms with van der Waals surface area (Å²) in [6.07, 6.45) is 13.6. The predicted octanol–water partition coefficient (Wildman–Crippen LogP) is 4.14. The Morgan fingerprint density at radius 1 is 1.15 bits per heavy atom. The van der Waals surface area contributed by atoms with Crippen LogP contribution >= 0.6 is 0 Å². The van der Waals surface area contributed by atoms with Gasteiger partial charge in [0.2, 0.25) is 0 Å². The second-order valence-electron chi connectivity index (χ2n) is 7.33. The van der Waals surface area contributed by atoms with Crippen molar-refractivity contribution in [3.63, 3.8) is 0 Å². The van der Waals surface area contributed by atoms with Gasteiger partial charge in [-0.05, 0) is 49.4 Å². The van der Waals surface area contributed by atoms with Crippen LogP contribution in [-0.2, 0) is 6.42 Å². The Kier molecular flexibility index (Phi) is 5.47. The van der Waals surface area contributed by atoms with Crippen LogP contribution in [0, 0.1) is 0 Å². The number of nitrogens with zero attached hydrogens (tertiary/aromatic N) is 3. The fourth-order valence-corrected chi connectivity index (χ4v) is 4.00. The van der Waals surface area contributed by atoms with E-state index in [0.29, 0.717) is 18.2 Å². The molecule has 0 aromatic carbocycles. The zero-order chi connectivity index (χ0) is 18.5. The predicted molar refractivity (Wildman–Crippen MR) is 106 cm³/mol. The maximum atomic E-state index is 12.8. The number of rotatable bonds is 6. The van der Waals surface area contributed by atoms with E-state index >= 15 is 0 Å². The maximum Gasteiger partial charge on any atom is 0.272 e. The van der Waals surface area contributed by atoms with E-state index in [2.05, 4.69) is 20.8 Å². The van der Waals surface area contributed by atoms with Crippen molar-refractivity contribution in [1.82, 2.24) is 19.7 Å². The number of nitrogens with one attached hydrogen (secondary N) is 1. The first-order chi connectivity index (χ1) is 13.3. The highest BCUT2D eigenvalue weighted by atomic mass is 16.1. The molecule has 5 nitrogen and oxygen atoms in total. The molecule has 0 unspecified atom stereocenters. The highest BCUT2D eigenvalue weighted by Gasteiger charge is 2.24. The number of amides is 1. The van der Waals surface area contributed by atoms with Gasteiger partial charge < -0.3 is 9.72 Å². The van der Waals surface area contributed by atoms with Crippen molar-refractivity contribution in [2.24, 2.45) is 0 Å². The van der Waals surface area contributed by atoms with Crippen molar-refractivity contribution in [2.45, 2.75) is 50.9 Å². The number of hydrogen-bond acceptors (Lipinski definition) is 3. The third kappa shape index (κ3) is 4.02. The van der Waals surface area contributed by atoms with Crippen molar-refractivity contribution in [3.8, 4) is 0 Å². The summed E-state index contributed by atoms with van der Waals surface area (Å²) in [6.45, 7) is 0.637. The number of pyridine rings is 2. The second-order valence-corrected chi connectivity index (χ2v) is 7.33. The van der Waals surface area contributed by atoms with Gasteiger partial charge in [-0.25, -0.2) is 4.98 Å². The molecule has 3 heterocycles. The lowest BCUT2D eigenvalue weighted by molar-refractivity contribution is 0.0950. The summed E-state index contributed by atoms with van der Waals surface area (Å²) in [5, 5.41) is 3.04. The molecule has 1 N–H and O–H groups in total. The van der Waals surface area contributed by atoms with Crippen molar-refractivity contribution in [1.29, 1.82) is 0 Å². The summed E-state index contributed by atoms with van der Waals surface area (Å²) in [5.41, 5.74) is 2.65. The van der Waals surface area contributed by atoms with Crippen molar-refractivity contribution in [3.05, 3.63) is 66.0 Å². The number of imidazole rings is 1. The minimum absolute atomic E-state index is 0.0769. The molecule has 0 bridgehead atoms. The van der Waals surface area contributed by atoms with E-state index in [9.17, 15) is 4.79 Å². The van der Waals surface area contributed by atoms with Crippen LogP contribution in [0.5, 0.6) is 0 Å². The minimum atomic E-state index is -0.0769. The molecule has 1 saturated carbocycles. The molecule has 140 valence electrons. The second kappa shape index (κ2) is 8.33. The highest BCUT2D eigenvalue weighted by molar-refractivity contribution is 5.99. The van der Waals surface area contributed by atoms with Crippen LogP contribution in [0.15, 0.2) is 48.9 Å². The van der Waals surface area contributed by atoms with Crippen LogP contribution < -0.4 is 5.32 Å². The van der Waals surface area contributed by atoms with Crippen LogP contribution in [0.25, 0.3) is 5.52 Å². The van der Waals surface area contributed by atoms with Gasteiger partial charge in [0, 0.05) is 31.1 Å². The molecular formula is C22H26N4O. The van der Waals surface area contributed by atoms with Crippen LogP contribution in [0.2, 0.25) is 0 Å². The van der Waals surface area contributed by atoms with Crippen LogP contribution in [0.4, 0.5) is 0 Å². The molecule has 0 aliphatic heterocycles. The molecule has 1 aliphatic rings. The lowest BCUT2D eigenvalue weighted by Gasteiger charge is -2.20. The molecule has 0 radical (unpaired) electrons. The van der Waals surface area contributed by atoms with E-state index in [-0.39, 0.29) is 5.91 Å². The summed E-state index contributed by atoms with van der Waals surface area (Å²) >= 11 is 0. The number of aryl methyl sites for hydroxylation is 1. The lowest BCUT2D eigenvalue weighted by atomic mass is 9.89. The Morgan fingerprint density at radius 2 is 2.04 bits per heavy atom. The summed E-state index contributed by atoms with van der Waals surface area (Å²) in [6, 6.07) is 9.98. The molecule has 27 heavy (non-hydrogen) atoms. The van der Waals surface area contributed by atoms with E-state index in [1.165, 1.54) is 37.7 Å². The van der Waals surface area contributed by atoms with Crippen LogP contribution in [0.3, 0.4) is 0 Å². The van der Waals surface area contributed by atoms with Gasteiger partial charge in [0.15, 0.2) is 5.69 Å². The Bertz CT molecular complexity index is 897. The van der Waals surface area contributed by atoms with Crippen molar-refractivity contribution < 1.29 is 4.79 Å². The third-order valence-corrected chi connectivity index (χ3v) is 5.41. The number of hydrogen-bond donors (Lipinski definition) is 1. The summed E-state index contributed by atoms with van der Waals surface area (Å²) in [7, 11) is 0. The smallest absolute Gasteiger partial charge is 0.272 e. The zero-order valence-corrected chi connectivity index (χ0v) is 15.6. The Labute approximate surface area is 159 Å². The quantitative estimate of drug-likeness (QED) is 0.671. The molecule has 5 heteroatoms. The number of carbonyl (C=O) groups is 1. The summed E-state index contributed by atoms with van der Waals surface area (Å²) < 4.78 is 2.11. The standard InChI is InChI=1S/C22H26N4O/c27-22(24-14-7-9-17-8-6-13-23-16-17)20-19-12-4-5-15-26(19)21(25-20)18-10-2-1-3-11-18/h4-6,8,12-13,15-16,18H,1-3,7,9-11,14H2,(H,24,27). The van der Waals surface area contributed by atoms with E-state index in [4.69, 9.17) is 4.98 Å². The van der Waals surface area contributed by atoms with E-state index in [0.717, 1.165) is 24.2 Å². The molecule has 3 aromatic heterocycles. The molecule has 0 spiro atoms. The van der Waals surface area contributed by atoms with E-state index in [1.54, 1.807) is 6.20 Å². The Morgan fingerprint density at radius 3 is 2.85 bits per heavy atom. The van der Waals surface area contributed by atoms with Crippen LogP contribution in [-0.4, -0.2) is 26.8 Å². The van der Waals surface area contributed by atoms with E-state index < -0.39 is 0 Å². The fourth-order valence-electron chi connectivity index (χ4n) is 4.00. The van der Waals surface area contributed by atoms with Crippen LogP contribution in [0.1, 0.15) is 66.3 Å². The van der Waals surface area contributed by atoms with Gasteiger partial charge in [-0.15, -0.1) is 0 Å². The monoisotopic (exact) mass is 362 g/mol. The van der Waals surface area contributed by atoms with Gasteiger partial charge in [0.1, 0.15) is 5.82 Å². The number of aromatic nitrogens is 3. The average molecular weight is 362 g/mol. The number of fused-ring (bicyclic) bond motifs is 1. The van der Waals surface area contributed by atoms with Gasteiger partial charge in [-0.1, -0.05) is 31.4 Å². The number of carbonyl (C=O) groups excluding carboxylic acids is 1. The average Bonchev–Trinajstić information content (AvgIpc) is 3.12. The first-order valence-electron chi connectivity index (χ1n) is 9.97. The first kappa shape index (κ1) is 17.7. The minimum Gasteiger partial charge on any atom is -0.351 e. The summed E-state index contributed by atoms with van der Waals surface area (Å²) in [5.74, 6) is 1.43. The SMILES string of the molecule is O=C(NCCCc1cccnc1)c1nc(C2CCCCC2)n2ccccc12. The Balaban J connectivity index is 1.45. The van der Waals surface area contributed by atoms with Crippen molar-refractivity contribution in [2.75, 3.05) is 6.54 Å². The van der Waals surface area contributed by atoms with E-state index in [1.807, 2.05) is 36.7 Å². The molecule has 4 rings (SSSR count). The molecule has 1 aliphatic carbocycles. The van der Waals surface area contributed by atoms with Crippen molar-refractivity contribution >= 4 is 11.4 Å². The largest absolute Gasteiger partial charge is 0.351 e. The first-order valence-corrected chi connectivity index (χ1v) is 9.97. The van der Waals surface area contributed by atoms with Gasteiger partial charge in [-0.2, -0.15) is 0 Å². The molecule has 0 saturated heterocycles. The lowest BCUT2D eigenvalue weighted by Crippen LogP contribution is -2.25. The molecule has 3 aromatic rings. The summed E-state index contributed by atoms with van der Waals surface area (Å²) in [4.78, 5) is 21.7. The van der Waals surface area contributed by atoms with Gasteiger partial charge in [0.05, 0.1) is 5.52 Å². The maximum absolute atomic E-state index is 12.8. The molecule has 0 atom stereocenters. The van der Waals surface area contributed by atoms with Gasteiger partial charge >= 0.3 is 0 Å². The normalized spacial score (nSPS) is 15.1. The van der Waals surface area contributed by atoms with Gasteiger partial charge in [-0.3, -0.25) is 9.78 Å². The zero-order valence-electron chi connectivity index (χ0n) is 15.6. The highest BCUT2D eigenvalue weighted by Crippen LogP contribution is 2.33. The molecule has 1 fully saturated rings. The molecule has 1 amide bonds. The third-order valence-electron chi connectivity index (χ3n) is 5.41. The Hall–Kier alpha value is -2.69. The molecular weight excluding hydrogens is 336 g/mol. The topological polar surface area (TPSA) is 59.3 Å².